The molecule has 1 aliphatic rings. The number of nitrogens with zero attached hydrogens (tertiary/aromatic N) is 6. The maximum absolute atomic E-state index is 15.4. The molecule has 6 rings (SSSR count). The summed E-state index contributed by atoms with van der Waals surface area (Å²) in [4.78, 5) is 35.6. The van der Waals surface area contributed by atoms with Gasteiger partial charge in [0.05, 0.1) is 51.9 Å². The molecule has 0 fully saturated rings. The number of hydrogen-bond acceptors (Lipinski definition) is 6. The number of carbonyl (C=O) groups is 1. The molecule has 2 unspecified atom stereocenters. The van der Waals surface area contributed by atoms with Crippen molar-refractivity contribution < 1.29 is 9.18 Å². The van der Waals surface area contributed by atoms with Crippen molar-refractivity contribution in [1.29, 1.82) is 0 Å². The first kappa shape index (κ1) is 27.7. The molecule has 12 heteroatoms. The van der Waals surface area contributed by atoms with Gasteiger partial charge in [0.2, 0.25) is 5.91 Å². The van der Waals surface area contributed by atoms with E-state index in [4.69, 9.17) is 23.2 Å². The number of amides is 1. The van der Waals surface area contributed by atoms with Crippen molar-refractivity contribution in [2.24, 2.45) is 5.92 Å². The molecule has 1 amide bonds. The number of aromatic nitrogens is 6. The van der Waals surface area contributed by atoms with Crippen LogP contribution in [0.3, 0.4) is 0 Å². The molecule has 212 valence electrons. The Morgan fingerprint density at radius 1 is 1.02 bits per heavy atom. The van der Waals surface area contributed by atoms with Crippen LogP contribution >= 0.6 is 23.2 Å². The Morgan fingerprint density at radius 3 is 2.67 bits per heavy atom. The van der Waals surface area contributed by atoms with Crippen LogP contribution in [0.15, 0.2) is 78.1 Å². The summed E-state index contributed by atoms with van der Waals surface area (Å²) < 4.78 is 18.2. The van der Waals surface area contributed by atoms with Crippen LogP contribution in [0.4, 0.5) is 10.1 Å². The molecule has 0 aliphatic carbocycles. The second-order valence-corrected chi connectivity index (χ2v) is 10.9. The molecule has 42 heavy (non-hydrogen) atoms. The highest BCUT2D eigenvalue weighted by atomic mass is 35.5. The van der Waals surface area contributed by atoms with Crippen molar-refractivity contribution in [2.45, 2.75) is 32.2 Å². The molecule has 0 radical (unpaired) electrons. The van der Waals surface area contributed by atoms with E-state index < -0.39 is 11.9 Å². The molecule has 0 saturated heterocycles. The minimum atomic E-state index is -0.748. The van der Waals surface area contributed by atoms with E-state index in [2.05, 4.69) is 25.6 Å². The Labute approximate surface area is 250 Å². The lowest BCUT2D eigenvalue weighted by atomic mass is 9.94. The lowest BCUT2D eigenvalue weighted by molar-refractivity contribution is -0.119. The monoisotopic (exact) mass is 603 g/mol. The zero-order valence-electron chi connectivity index (χ0n) is 22.3. The highest BCUT2D eigenvalue weighted by Crippen LogP contribution is 2.34. The Kier molecular flexibility index (Phi) is 7.57. The standard InChI is InChI=1S/C30H24Cl2FN7O2/c1-17-5-2-9-23(18-6-3-7-19(13-18)29-21(36-30(17)42)8-4-12-34-29)39-16-35-22(14-26(39)41)27-24(11-10-20(31)28(27)33)40-15-25(32)37-38-40/h3-4,6-8,10-17,23H,2,5,9H2,1H3,(H,36,42). The number of hydrogen-bond donors (Lipinski definition) is 1. The summed E-state index contributed by atoms with van der Waals surface area (Å²) in [6.07, 6.45) is 6.38. The molecule has 4 heterocycles. The maximum atomic E-state index is 15.4. The molecule has 2 atom stereocenters. The summed E-state index contributed by atoms with van der Waals surface area (Å²) in [6, 6.07) is 15.2. The molecule has 1 aliphatic heterocycles. The van der Waals surface area contributed by atoms with Gasteiger partial charge < -0.3 is 5.32 Å². The summed E-state index contributed by atoms with van der Waals surface area (Å²) >= 11 is 12.1. The van der Waals surface area contributed by atoms with Gasteiger partial charge in [0, 0.05) is 23.7 Å². The van der Waals surface area contributed by atoms with Crippen molar-refractivity contribution in [1.82, 2.24) is 29.5 Å². The van der Waals surface area contributed by atoms with E-state index in [0.717, 1.165) is 11.1 Å². The predicted octanol–water partition coefficient (Wildman–Crippen LogP) is 6.35. The van der Waals surface area contributed by atoms with E-state index in [9.17, 15) is 9.59 Å². The molecule has 5 aromatic rings. The van der Waals surface area contributed by atoms with Crippen molar-refractivity contribution in [2.75, 3.05) is 5.32 Å². The first-order valence-corrected chi connectivity index (χ1v) is 14.1. The number of carbonyl (C=O) groups excluding carboxylic acids is 1. The van der Waals surface area contributed by atoms with Crippen LogP contribution in [-0.4, -0.2) is 35.4 Å². The van der Waals surface area contributed by atoms with Gasteiger partial charge in [-0.05, 0) is 48.7 Å². The highest BCUT2D eigenvalue weighted by Gasteiger charge is 2.24. The van der Waals surface area contributed by atoms with Gasteiger partial charge in [0.1, 0.15) is 0 Å². The number of anilines is 1. The number of rotatable bonds is 3. The number of benzene rings is 2. The Bertz CT molecular complexity index is 1870. The van der Waals surface area contributed by atoms with E-state index in [1.165, 1.54) is 33.9 Å². The van der Waals surface area contributed by atoms with Gasteiger partial charge in [-0.2, -0.15) is 0 Å². The zero-order chi connectivity index (χ0) is 29.4. The van der Waals surface area contributed by atoms with Gasteiger partial charge in [-0.25, -0.2) is 14.1 Å². The molecule has 0 spiro atoms. The van der Waals surface area contributed by atoms with Crippen LogP contribution in [0, 0.1) is 11.7 Å². The average Bonchev–Trinajstić information content (AvgIpc) is 3.42. The summed E-state index contributed by atoms with van der Waals surface area (Å²) in [6.45, 7) is 1.88. The van der Waals surface area contributed by atoms with Gasteiger partial charge >= 0.3 is 0 Å². The van der Waals surface area contributed by atoms with Crippen LogP contribution in [0.25, 0.3) is 28.2 Å². The van der Waals surface area contributed by atoms with Crippen LogP contribution in [0.2, 0.25) is 10.2 Å². The molecule has 3 aromatic heterocycles. The van der Waals surface area contributed by atoms with E-state index in [1.54, 1.807) is 18.3 Å². The van der Waals surface area contributed by atoms with Crippen LogP contribution in [0.1, 0.15) is 37.8 Å². The van der Waals surface area contributed by atoms with E-state index >= 15 is 4.39 Å². The minimum absolute atomic E-state index is 0.00322. The highest BCUT2D eigenvalue weighted by molar-refractivity contribution is 6.31. The third-order valence-electron chi connectivity index (χ3n) is 7.39. The molecule has 9 nitrogen and oxygen atoms in total. The smallest absolute Gasteiger partial charge is 0.254 e. The van der Waals surface area contributed by atoms with E-state index in [1.807, 2.05) is 37.3 Å². The normalized spacial score (nSPS) is 17.1. The second kappa shape index (κ2) is 11.5. The van der Waals surface area contributed by atoms with Crippen molar-refractivity contribution >= 4 is 34.8 Å². The number of pyridine rings is 1. The van der Waals surface area contributed by atoms with Crippen molar-refractivity contribution in [3.63, 3.8) is 0 Å². The predicted molar refractivity (Wildman–Crippen MR) is 158 cm³/mol. The molecular formula is C30H24Cl2FN7O2. The quantitative estimate of drug-likeness (QED) is 0.257. The van der Waals surface area contributed by atoms with Gasteiger partial charge in [0.25, 0.3) is 5.56 Å². The average molecular weight is 604 g/mol. The van der Waals surface area contributed by atoms with Gasteiger partial charge in [-0.3, -0.25) is 19.1 Å². The lowest BCUT2D eigenvalue weighted by Gasteiger charge is -2.23. The third-order valence-corrected chi connectivity index (χ3v) is 7.85. The minimum Gasteiger partial charge on any atom is -0.324 e. The number of halogens is 3. The summed E-state index contributed by atoms with van der Waals surface area (Å²) in [5, 5.41) is 10.7. The summed E-state index contributed by atoms with van der Waals surface area (Å²) in [7, 11) is 0. The summed E-state index contributed by atoms with van der Waals surface area (Å²) in [5.74, 6) is -1.08. The zero-order valence-corrected chi connectivity index (χ0v) is 23.8. The van der Waals surface area contributed by atoms with Crippen LogP contribution < -0.4 is 10.9 Å². The third kappa shape index (κ3) is 5.31. The molecule has 2 bridgehead atoms. The van der Waals surface area contributed by atoms with E-state index in [-0.39, 0.29) is 44.5 Å². The summed E-state index contributed by atoms with van der Waals surface area (Å²) in [5.41, 5.74) is 2.92. The number of nitrogens with one attached hydrogen (secondary N) is 1. The van der Waals surface area contributed by atoms with Gasteiger partial charge in [-0.1, -0.05) is 60.0 Å². The largest absolute Gasteiger partial charge is 0.324 e. The van der Waals surface area contributed by atoms with Crippen LogP contribution in [-0.2, 0) is 4.79 Å². The first-order chi connectivity index (χ1) is 20.3. The van der Waals surface area contributed by atoms with Crippen molar-refractivity contribution in [3.8, 4) is 28.2 Å². The molecule has 0 saturated carbocycles. The Balaban J connectivity index is 1.45. The topological polar surface area (TPSA) is 108 Å². The fraction of sp³-hybridized carbons (Fsp3) is 0.200. The van der Waals surface area contributed by atoms with Gasteiger partial charge in [-0.15, -0.1) is 5.10 Å². The fourth-order valence-corrected chi connectivity index (χ4v) is 5.50. The molecule has 2 aromatic carbocycles. The molecule has 1 N–H and O–H groups in total. The van der Waals surface area contributed by atoms with Crippen LogP contribution in [0.5, 0.6) is 0 Å². The second-order valence-electron chi connectivity index (χ2n) is 10.1. The first-order valence-electron chi connectivity index (χ1n) is 13.3. The van der Waals surface area contributed by atoms with E-state index in [0.29, 0.717) is 30.6 Å². The fourth-order valence-electron chi connectivity index (χ4n) is 5.22. The lowest BCUT2D eigenvalue weighted by Crippen LogP contribution is -2.26. The van der Waals surface area contributed by atoms with Crippen molar-refractivity contribution in [3.05, 3.63) is 105 Å². The Hall–Kier alpha value is -4.41. The maximum Gasteiger partial charge on any atom is 0.254 e. The van der Waals surface area contributed by atoms with Gasteiger partial charge in [0.15, 0.2) is 11.0 Å². The molecular weight excluding hydrogens is 580 g/mol. The Morgan fingerprint density at radius 2 is 1.88 bits per heavy atom. The SMILES string of the molecule is CC1CCCC(n2cnc(-c3c(-n4cc(Cl)nn4)ccc(Cl)c3F)cc2=O)c2cccc(c2)-c2ncccc2NC1=O. The number of fused-ring (bicyclic) bond motifs is 4.